The number of rotatable bonds is 7. The number of carbonyl (C=O) groups excluding carboxylic acids is 2. The molecular formula is C25H23NO7S. The molecule has 0 radical (unpaired) electrons. The number of carbonyl (C=O) groups is 2. The summed E-state index contributed by atoms with van der Waals surface area (Å²) < 4.78 is 43.9. The highest BCUT2D eigenvalue weighted by Crippen LogP contribution is 2.32. The second-order valence-corrected chi connectivity index (χ2v) is 9.47. The van der Waals surface area contributed by atoms with E-state index >= 15 is 0 Å². The van der Waals surface area contributed by atoms with Gasteiger partial charge in [0.2, 0.25) is 0 Å². The SMILES string of the molecule is Cc1ccc(C(=O)COC(=O)c2ccc(NS(=O)(=O)c3ccc4c(c3)OCCO4)cc2)cc1C. The number of nitrogens with one attached hydrogen (secondary N) is 1. The van der Waals surface area contributed by atoms with E-state index in [0.717, 1.165) is 11.1 Å². The van der Waals surface area contributed by atoms with Gasteiger partial charge in [0.25, 0.3) is 10.0 Å². The van der Waals surface area contributed by atoms with Gasteiger partial charge in [0.15, 0.2) is 23.9 Å². The quantitative estimate of drug-likeness (QED) is 0.403. The van der Waals surface area contributed by atoms with Crippen LogP contribution in [-0.2, 0) is 14.8 Å². The maximum absolute atomic E-state index is 12.7. The summed E-state index contributed by atoms with van der Waals surface area (Å²) in [7, 11) is -3.89. The minimum atomic E-state index is -3.89. The van der Waals surface area contributed by atoms with Gasteiger partial charge in [-0.15, -0.1) is 0 Å². The molecule has 0 spiro atoms. The first-order valence-corrected chi connectivity index (χ1v) is 12.0. The van der Waals surface area contributed by atoms with Crippen LogP contribution in [0.15, 0.2) is 65.6 Å². The summed E-state index contributed by atoms with van der Waals surface area (Å²) >= 11 is 0. The summed E-state index contributed by atoms with van der Waals surface area (Å²) in [6.45, 7) is 4.22. The van der Waals surface area contributed by atoms with Crippen LogP contribution in [0.2, 0.25) is 0 Å². The van der Waals surface area contributed by atoms with Gasteiger partial charge in [-0.3, -0.25) is 9.52 Å². The highest BCUT2D eigenvalue weighted by Gasteiger charge is 2.20. The van der Waals surface area contributed by atoms with Gasteiger partial charge >= 0.3 is 5.97 Å². The standard InChI is InChI=1S/C25H23NO7S/c1-16-3-4-19(13-17(16)2)22(27)15-33-25(28)18-5-7-20(8-6-18)26-34(29,30)21-9-10-23-24(14-21)32-12-11-31-23/h3-10,13-14,26H,11-12,15H2,1-2H3. The van der Waals surface area contributed by atoms with E-state index in [1.165, 1.54) is 36.4 Å². The lowest BCUT2D eigenvalue weighted by atomic mass is 10.0. The minimum absolute atomic E-state index is 0.0186. The number of benzene rings is 3. The van der Waals surface area contributed by atoms with Crippen molar-refractivity contribution in [2.45, 2.75) is 18.7 Å². The van der Waals surface area contributed by atoms with E-state index in [1.54, 1.807) is 18.2 Å². The molecule has 0 aliphatic carbocycles. The summed E-state index contributed by atoms with van der Waals surface area (Å²) in [6.07, 6.45) is 0. The summed E-state index contributed by atoms with van der Waals surface area (Å²) in [4.78, 5) is 24.6. The number of fused-ring (bicyclic) bond motifs is 1. The van der Waals surface area contributed by atoms with Crippen molar-refractivity contribution < 1.29 is 32.2 Å². The Balaban J connectivity index is 1.38. The number of aryl methyl sites for hydroxylation is 2. The van der Waals surface area contributed by atoms with Gasteiger partial charge in [0, 0.05) is 17.3 Å². The molecular weight excluding hydrogens is 458 g/mol. The Morgan fingerprint density at radius 2 is 1.53 bits per heavy atom. The minimum Gasteiger partial charge on any atom is -0.486 e. The molecule has 3 aromatic rings. The van der Waals surface area contributed by atoms with Crippen LogP contribution in [-0.4, -0.2) is 40.0 Å². The van der Waals surface area contributed by atoms with E-state index in [1.807, 2.05) is 19.9 Å². The Kier molecular flexibility index (Phi) is 6.56. The fourth-order valence-corrected chi connectivity index (χ4v) is 4.37. The van der Waals surface area contributed by atoms with Crippen LogP contribution >= 0.6 is 0 Å². The first-order valence-electron chi connectivity index (χ1n) is 10.5. The highest BCUT2D eigenvalue weighted by atomic mass is 32.2. The molecule has 0 amide bonds. The maximum Gasteiger partial charge on any atom is 0.338 e. The average Bonchev–Trinajstić information content (AvgIpc) is 2.84. The van der Waals surface area contributed by atoms with Gasteiger partial charge in [-0.1, -0.05) is 12.1 Å². The summed E-state index contributed by atoms with van der Waals surface area (Å²) in [6, 6.07) is 15.4. The maximum atomic E-state index is 12.7. The van der Waals surface area contributed by atoms with Crippen LogP contribution < -0.4 is 14.2 Å². The fraction of sp³-hybridized carbons (Fsp3) is 0.200. The normalized spacial score (nSPS) is 12.6. The first-order chi connectivity index (χ1) is 16.2. The van der Waals surface area contributed by atoms with E-state index < -0.39 is 16.0 Å². The lowest BCUT2D eigenvalue weighted by molar-refractivity contribution is 0.0475. The molecule has 0 saturated heterocycles. The molecule has 176 valence electrons. The number of ether oxygens (including phenoxy) is 3. The molecule has 1 aliphatic heterocycles. The van der Waals surface area contributed by atoms with E-state index in [-0.39, 0.29) is 28.5 Å². The van der Waals surface area contributed by atoms with Crippen molar-refractivity contribution in [1.82, 2.24) is 0 Å². The molecule has 0 atom stereocenters. The van der Waals surface area contributed by atoms with E-state index in [0.29, 0.717) is 30.3 Å². The lowest BCUT2D eigenvalue weighted by Gasteiger charge is -2.19. The summed E-state index contributed by atoms with van der Waals surface area (Å²) in [5, 5.41) is 0. The highest BCUT2D eigenvalue weighted by molar-refractivity contribution is 7.92. The average molecular weight is 482 g/mol. The van der Waals surface area contributed by atoms with Crippen molar-refractivity contribution >= 4 is 27.5 Å². The third kappa shape index (κ3) is 5.20. The molecule has 4 rings (SSSR count). The zero-order valence-corrected chi connectivity index (χ0v) is 19.5. The van der Waals surface area contributed by atoms with Crippen molar-refractivity contribution in [2.75, 3.05) is 24.5 Å². The third-order valence-corrected chi connectivity index (χ3v) is 6.74. The zero-order chi connectivity index (χ0) is 24.3. The van der Waals surface area contributed by atoms with Gasteiger partial charge in [-0.05, 0) is 67.4 Å². The number of hydrogen-bond acceptors (Lipinski definition) is 7. The number of sulfonamides is 1. The van der Waals surface area contributed by atoms with Gasteiger partial charge in [-0.2, -0.15) is 0 Å². The Labute approximate surface area is 197 Å². The Morgan fingerprint density at radius 3 is 2.24 bits per heavy atom. The van der Waals surface area contributed by atoms with E-state index in [4.69, 9.17) is 14.2 Å². The van der Waals surface area contributed by atoms with E-state index in [9.17, 15) is 18.0 Å². The Morgan fingerprint density at radius 1 is 0.853 bits per heavy atom. The first kappa shape index (κ1) is 23.3. The molecule has 0 bridgehead atoms. The van der Waals surface area contributed by atoms with Crippen LogP contribution in [0.3, 0.4) is 0 Å². The van der Waals surface area contributed by atoms with Crippen LogP contribution in [0, 0.1) is 13.8 Å². The molecule has 9 heteroatoms. The molecule has 0 aromatic heterocycles. The number of anilines is 1. The molecule has 1 heterocycles. The molecule has 1 aliphatic rings. The third-order valence-electron chi connectivity index (χ3n) is 5.36. The molecule has 0 unspecified atom stereocenters. The largest absolute Gasteiger partial charge is 0.486 e. The van der Waals surface area contributed by atoms with Gasteiger partial charge < -0.3 is 14.2 Å². The molecule has 1 N–H and O–H groups in total. The smallest absolute Gasteiger partial charge is 0.338 e. The van der Waals surface area contributed by atoms with Crippen molar-refractivity contribution in [3.63, 3.8) is 0 Å². The van der Waals surface area contributed by atoms with Crippen molar-refractivity contribution in [2.24, 2.45) is 0 Å². The zero-order valence-electron chi connectivity index (χ0n) is 18.7. The van der Waals surface area contributed by atoms with Gasteiger partial charge in [0.1, 0.15) is 13.2 Å². The topological polar surface area (TPSA) is 108 Å². The van der Waals surface area contributed by atoms with Crippen LogP contribution in [0.25, 0.3) is 0 Å². The fourth-order valence-electron chi connectivity index (χ4n) is 3.29. The van der Waals surface area contributed by atoms with E-state index in [2.05, 4.69) is 4.72 Å². The predicted molar refractivity (Wildman–Crippen MR) is 125 cm³/mol. The number of ketones is 1. The number of esters is 1. The molecule has 34 heavy (non-hydrogen) atoms. The summed E-state index contributed by atoms with van der Waals surface area (Å²) in [5.41, 5.74) is 2.97. The predicted octanol–water partition coefficient (Wildman–Crippen LogP) is 3.92. The Hall–Kier alpha value is -3.85. The molecule has 3 aromatic carbocycles. The van der Waals surface area contributed by atoms with Crippen molar-refractivity contribution in [1.29, 1.82) is 0 Å². The second kappa shape index (κ2) is 9.56. The molecule has 0 saturated carbocycles. The van der Waals surface area contributed by atoms with Crippen LogP contribution in [0.4, 0.5) is 5.69 Å². The summed E-state index contributed by atoms with van der Waals surface area (Å²) in [5.74, 6) is -0.134. The van der Waals surface area contributed by atoms with Gasteiger partial charge in [0.05, 0.1) is 10.5 Å². The van der Waals surface area contributed by atoms with Crippen LogP contribution in [0.1, 0.15) is 31.8 Å². The number of Topliss-reactive ketones (excluding diaryl/α,β-unsaturated/α-hetero) is 1. The molecule has 0 fully saturated rings. The van der Waals surface area contributed by atoms with Crippen LogP contribution in [0.5, 0.6) is 11.5 Å². The monoisotopic (exact) mass is 481 g/mol. The lowest BCUT2D eigenvalue weighted by Crippen LogP contribution is -2.17. The Bertz CT molecular complexity index is 1350. The number of hydrogen-bond donors (Lipinski definition) is 1. The van der Waals surface area contributed by atoms with Crippen molar-refractivity contribution in [3.8, 4) is 11.5 Å². The van der Waals surface area contributed by atoms with Gasteiger partial charge in [-0.25, -0.2) is 13.2 Å². The molecule has 8 nitrogen and oxygen atoms in total. The van der Waals surface area contributed by atoms with Crippen molar-refractivity contribution in [3.05, 3.63) is 82.9 Å². The second-order valence-electron chi connectivity index (χ2n) is 7.79.